The van der Waals surface area contributed by atoms with Gasteiger partial charge in [0.1, 0.15) is 11.7 Å². The minimum Gasteiger partial charge on any atom is -0.371 e. The zero-order valence-corrected chi connectivity index (χ0v) is 20.4. The van der Waals surface area contributed by atoms with E-state index in [1.54, 1.807) is 32.0 Å². The molecule has 4 rings (SSSR count). The van der Waals surface area contributed by atoms with Crippen molar-refractivity contribution < 1.29 is 37.3 Å². The first-order valence-corrected chi connectivity index (χ1v) is 11.4. The van der Waals surface area contributed by atoms with Crippen LogP contribution in [-0.2, 0) is 10.9 Å². The Morgan fingerprint density at radius 1 is 1.16 bits per heavy atom. The number of nitrogens with one attached hydrogen (secondary N) is 1. The summed E-state index contributed by atoms with van der Waals surface area (Å²) in [6, 6.07) is 3.47. The van der Waals surface area contributed by atoms with Gasteiger partial charge in [-0.1, -0.05) is 0 Å². The average molecular weight is 536 g/mol. The number of aromatic nitrogens is 4. The van der Waals surface area contributed by atoms with Crippen molar-refractivity contribution in [1.29, 1.82) is 0 Å². The standard InChI is InChI=1S/C24H24F4N6O4/c1-12-5-6-16(20-29-7-4-8-30-20)18(32-12)22(35)34-11-13(2)38-14(3)19(34)24(36,37)33-21-17(25)9-15(10-31-21)23(26,27)28/h4-10,13-14,19,36-37H,11H2,1-3H3,(H,31,33). The molecule has 3 aromatic heterocycles. The summed E-state index contributed by atoms with van der Waals surface area (Å²) in [5.41, 5.74) is -0.649. The van der Waals surface area contributed by atoms with Crippen LogP contribution in [-0.4, -0.2) is 71.7 Å². The summed E-state index contributed by atoms with van der Waals surface area (Å²) in [6.07, 6.45) is -3.10. The molecule has 0 aromatic carbocycles. The highest BCUT2D eigenvalue weighted by atomic mass is 19.4. The number of halogens is 4. The lowest BCUT2D eigenvalue weighted by Gasteiger charge is -2.47. The molecule has 3 N–H and O–H groups in total. The van der Waals surface area contributed by atoms with Crippen LogP contribution in [0.5, 0.6) is 0 Å². The molecule has 4 heterocycles. The number of hydrogen-bond donors (Lipinski definition) is 3. The number of alkyl halides is 3. The smallest absolute Gasteiger partial charge is 0.371 e. The van der Waals surface area contributed by atoms with Crippen LogP contribution in [0.2, 0.25) is 0 Å². The van der Waals surface area contributed by atoms with Gasteiger partial charge in [-0.05, 0) is 45.0 Å². The Kier molecular flexibility index (Phi) is 7.32. The van der Waals surface area contributed by atoms with Gasteiger partial charge in [-0.15, -0.1) is 0 Å². The number of aryl methyl sites for hydroxylation is 1. The van der Waals surface area contributed by atoms with E-state index in [9.17, 15) is 32.6 Å². The molecule has 202 valence electrons. The second-order valence-corrected chi connectivity index (χ2v) is 8.88. The van der Waals surface area contributed by atoms with Crippen molar-refractivity contribution in [3.8, 4) is 11.4 Å². The quantitative estimate of drug-likeness (QED) is 0.333. The molecule has 1 amide bonds. The number of aliphatic hydroxyl groups is 2. The van der Waals surface area contributed by atoms with Crippen molar-refractivity contribution in [2.45, 2.75) is 51.1 Å². The fourth-order valence-electron chi connectivity index (χ4n) is 4.29. The maximum Gasteiger partial charge on any atom is 0.417 e. The van der Waals surface area contributed by atoms with E-state index in [4.69, 9.17) is 4.74 Å². The monoisotopic (exact) mass is 536 g/mol. The van der Waals surface area contributed by atoms with Crippen LogP contribution in [0.15, 0.2) is 42.9 Å². The molecule has 38 heavy (non-hydrogen) atoms. The first kappa shape index (κ1) is 27.3. The summed E-state index contributed by atoms with van der Waals surface area (Å²) < 4.78 is 58.9. The third-order valence-electron chi connectivity index (χ3n) is 5.87. The van der Waals surface area contributed by atoms with E-state index in [0.717, 1.165) is 4.90 Å². The van der Waals surface area contributed by atoms with Crippen LogP contribution in [0, 0.1) is 12.7 Å². The van der Waals surface area contributed by atoms with Crippen molar-refractivity contribution in [1.82, 2.24) is 24.8 Å². The summed E-state index contributed by atoms with van der Waals surface area (Å²) in [4.78, 5) is 31.0. The van der Waals surface area contributed by atoms with Crippen molar-refractivity contribution >= 4 is 11.7 Å². The van der Waals surface area contributed by atoms with E-state index in [0.29, 0.717) is 11.9 Å². The molecule has 0 aliphatic carbocycles. The molecule has 10 nitrogen and oxygen atoms in total. The Morgan fingerprint density at radius 2 is 1.84 bits per heavy atom. The lowest BCUT2D eigenvalue weighted by Crippen LogP contribution is -2.68. The SMILES string of the molecule is Cc1ccc(-c2ncccn2)c(C(=O)N2CC(C)OC(C)C2C(O)(O)Nc2ncc(C(F)(F)F)cc2F)n1. The third kappa shape index (κ3) is 5.56. The van der Waals surface area contributed by atoms with Crippen LogP contribution in [0.1, 0.15) is 35.6 Å². The van der Waals surface area contributed by atoms with Gasteiger partial charge in [0.05, 0.1) is 23.3 Å². The van der Waals surface area contributed by atoms with Crippen molar-refractivity contribution in [3.05, 3.63) is 65.6 Å². The number of nitrogens with zero attached hydrogens (tertiary/aromatic N) is 5. The lowest BCUT2D eigenvalue weighted by molar-refractivity contribution is -0.230. The Hall–Kier alpha value is -3.75. The predicted octanol–water partition coefficient (Wildman–Crippen LogP) is 2.77. The summed E-state index contributed by atoms with van der Waals surface area (Å²) in [7, 11) is 0. The highest BCUT2D eigenvalue weighted by molar-refractivity contribution is 5.98. The normalized spacial score (nSPS) is 20.3. The fourth-order valence-corrected chi connectivity index (χ4v) is 4.29. The van der Waals surface area contributed by atoms with E-state index in [1.165, 1.54) is 19.3 Å². The van der Waals surface area contributed by atoms with Crippen molar-refractivity contribution in [3.63, 3.8) is 0 Å². The van der Waals surface area contributed by atoms with E-state index in [-0.39, 0.29) is 29.7 Å². The molecule has 1 aliphatic rings. The number of ether oxygens (including phenoxy) is 1. The van der Waals surface area contributed by atoms with Gasteiger partial charge in [-0.2, -0.15) is 13.2 Å². The molecular weight excluding hydrogens is 512 g/mol. The van der Waals surface area contributed by atoms with Crippen molar-refractivity contribution in [2.24, 2.45) is 0 Å². The molecule has 14 heteroatoms. The van der Waals surface area contributed by atoms with Gasteiger partial charge in [0.2, 0.25) is 0 Å². The van der Waals surface area contributed by atoms with Gasteiger partial charge < -0.3 is 25.2 Å². The fraction of sp³-hybridized carbons (Fsp3) is 0.375. The maximum absolute atomic E-state index is 14.5. The molecular formula is C24H24F4N6O4. The second kappa shape index (κ2) is 10.2. The van der Waals surface area contributed by atoms with Crippen LogP contribution >= 0.6 is 0 Å². The zero-order valence-electron chi connectivity index (χ0n) is 20.4. The van der Waals surface area contributed by atoms with E-state index in [2.05, 4.69) is 19.9 Å². The highest BCUT2D eigenvalue weighted by Crippen LogP contribution is 2.33. The van der Waals surface area contributed by atoms with Gasteiger partial charge in [0, 0.05) is 30.8 Å². The Bertz CT molecular complexity index is 1330. The van der Waals surface area contributed by atoms with Crippen LogP contribution < -0.4 is 5.32 Å². The third-order valence-corrected chi connectivity index (χ3v) is 5.87. The van der Waals surface area contributed by atoms with Crippen LogP contribution in [0.4, 0.5) is 23.4 Å². The number of morpholine rings is 1. The first-order chi connectivity index (χ1) is 17.8. The maximum atomic E-state index is 14.5. The molecule has 0 bridgehead atoms. The molecule has 0 saturated carbocycles. The number of carbonyl (C=O) groups is 1. The molecule has 1 saturated heterocycles. The largest absolute Gasteiger partial charge is 0.417 e. The first-order valence-electron chi connectivity index (χ1n) is 11.4. The minimum absolute atomic E-state index is 0.0721. The van der Waals surface area contributed by atoms with Crippen LogP contribution in [0.25, 0.3) is 11.4 Å². The molecule has 1 fully saturated rings. The number of carbonyl (C=O) groups excluding carboxylic acids is 1. The average Bonchev–Trinajstić information content (AvgIpc) is 2.83. The Labute approximate surface area is 214 Å². The molecule has 0 spiro atoms. The summed E-state index contributed by atoms with van der Waals surface area (Å²) in [5, 5.41) is 24.0. The summed E-state index contributed by atoms with van der Waals surface area (Å²) in [5.74, 6) is -5.95. The number of hydrogen-bond acceptors (Lipinski definition) is 9. The van der Waals surface area contributed by atoms with E-state index in [1.807, 2.05) is 5.32 Å². The van der Waals surface area contributed by atoms with Gasteiger partial charge >= 0.3 is 6.18 Å². The van der Waals surface area contributed by atoms with Gasteiger partial charge in [-0.3, -0.25) is 4.79 Å². The number of pyridine rings is 2. The van der Waals surface area contributed by atoms with E-state index >= 15 is 0 Å². The minimum atomic E-state index is -4.85. The van der Waals surface area contributed by atoms with Gasteiger partial charge in [0.15, 0.2) is 17.5 Å². The number of amides is 1. The summed E-state index contributed by atoms with van der Waals surface area (Å²) >= 11 is 0. The topological polar surface area (TPSA) is 134 Å². The van der Waals surface area contributed by atoms with E-state index < -0.39 is 53.4 Å². The molecule has 3 unspecified atom stereocenters. The van der Waals surface area contributed by atoms with Gasteiger partial charge in [-0.25, -0.2) is 24.3 Å². The summed E-state index contributed by atoms with van der Waals surface area (Å²) in [6.45, 7) is 4.67. The zero-order chi connectivity index (χ0) is 27.8. The number of rotatable bonds is 5. The lowest BCUT2D eigenvalue weighted by atomic mass is 10.0. The molecule has 0 radical (unpaired) electrons. The molecule has 3 aromatic rings. The second-order valence-electron chi connectivity index (χ2n) is 8.88. The Morgan fingerprint density at radius 3 is 2.47 bits per heavy atom. The Balaban J connectivity index is 1.72. The molecule has 3 atom stereocenters. The number of anilines is 1. The molecule has 1 aliphatic heterocycles. The highest BCUT2D eigenvalue weighted by Gasteiger charge is 2.50. The van der Waals surface area contributed by atoms with Gasteiger partial charge in [0.25, 0.3) is 11.8 Å². The van der Waals surface area contributed by atoms with Crippen molar-refractivity contribution in [2.75, 3.05) is 11.9 Å². The van der Waals surface area contributed by atoms with Crippen LogP contribution in [0.3, 0.4) is 0 Å². The predicted molar refractivity (Wildman–Crippen MR) is 125 cm³/mol.